The van der Waals surface area contributed by atoms with Crippen molar-refractivity contribution in [3.8, 4) is 0 Å². The normalized spacial score (nSPS) is 13.7. The first kappa shape index (κ1) is 13.9. The van der Waals surface area contributed by atoms with E-state index >= 15 is 0 Å². The van der Waals surface area contributed by atoms with E-state index in [4.69, 9.17) is 5.73 Å². The van der Waals surface area contributed by atoms with Crippen LogP contribution >= 0.6 is 0 Å². The Bertz CT molecular complexity index is 373. The molecule has 4 heteroatoms. The molecule has 0 aliphatic rings. The second-order valence-corrected chi connectivity index (χ2v) is 5.34. The summed E-state index contributed by atoms with van der Waals surface area (Å²) in [5, 5.41) is 7.92. The van der Waals surface area contributed by atoms with Crippen LogP contribution in [0.15, 0.2) is 18.9 Å². The summed E-state index contributed by atoms with van der Waals surface area (Å²) in [5.41, 5.74) is 8.15. The second kappa shape index (κ2) is 5.47. The van der Waals surface area contributed by atoms with Gasteiger partial charge in [-0.15, -0.1) is 6.58 Å². The van der Waals surface area contributed by atoms with Crippen molar-refractivity contribution in [3.05, 3.63) is 30.1 Å². The van der Waals surface area contributed by atoms with Gasteiger partial charge in [-0.1, -0.05) is 26.8 Å². The fraction of sp³-hybridized carbons (Fsp3) is 0.615. The minimum Gasteiger partial charge on any atom is -0.329 e. The summed E-state index contributed by atoms with van der Waals surface area (Å²) < 4.78 is 1.86. The molecule has 4 nitrogen and oxygen atoms in total. The lowest BCUT2D eigenvalue weighted by molar-refractivity contribution is 0.520. The van der Waals surface area contributed by atoms with E-state index in [1.54, 1.807) is 0 Å². The molecule has 0 spiro atoms. The zero-order valence-electron chi connectivity index (χ0n) is 11.3. The molecule has 1 rings (SSSR count). The van der Waals surface area contributed by atoms with E-state index in [2.05, 4.69) is 37.8 Å². The van der Waals surface area contributed by atoms with Crippen LogP contribution in [0.5, 0.6) is 0 Å². The van der Waals surface area contributed by atoms with E-state index in [1.807, 2.05) is 24.0 Å². The molecule has 0 aliphatic heterocycles. The Morgan fingerprint density at radius 2 is 2.24 bits per heavy atom. The van der Waals surface area contributed by atoms with Gasteiger partial charge in [0.25, 0.3) is 0 Å². The number of nitrogens with zero attached hydrogens (tertiary/aromatic N) is 2. The highest BCUT2D eigenvalue weighted by Crippen LogP contribution is 2.27. The maximum Gasteiger partial charge on any atom is 0.0726 e. The second-order valence-electron chi connectivity index (χ2n) is 5.34. The van der Waals surface area contributed by atoms with Gasteiger partial charge in [0.1, 0.15) is 0 Å². The fourth-order valence-electron chi connectivity index (χ4n) is 1.89. The number of hydrogen-bond donors (Lipinski definition) is 2. The van der Waals surface area contributed by atoms with Crippen molar-refractivity contribution in [3.63, 3.8) is 0 Å². The van der Waals surface area contributed by atoms with Crippen molar-refractivity contribution in [2.75, 3.05) is 13.1 Å². The van der Waals surface area contributed by atoms with Crippen LogP contribution in [-0.4, -0.2) is 22.9 Å². The maximum absolute atomic E-state index is 5.83. The van der Waals surface area contributed by atoms with Crippen molar-refractivity contribution in [1.82, 2.24) is 15.1 Å². The van der Waals surface area contributed by atoms with Crippen molar-refractivity contribution >= 4 is 0 Å². The molecular formula is C13H24N4. The van der Waals surface area contributed by atoms with Crippen molar-refractivity contribution in [2.45, 2.75) is 32.2 Å². The van der Waals surface area contributed by atoms with Crippen LogP contribution in [0, 0.1) is 0 Å². The Morgan fingerprint density at radius 1 is 1.59 bits per heavy atom. The number of hydrogen-bond acceptors (Lipinski definition) is 3. The quantitative estimate of drug-likeness (QED) is 0.762. The van der Waals surface area contributed by atoms with E-state index in [9.17, 15) is 0 Å². The van der Waals surface area contributed by atoms with Gasteiger partial charge in [0.05, 0.1) is 5.69 Å². The highest BCUT2D eigenvalue weighted by Gasteiger charge is 2.25. The molecule has 0 aromatic carbocycles. The minimum absolute atomic E-state index is 0.0277. The van der Waals surface area contributed by atoms with Crippen LogP contribution in [0.2, 0.25) is 0 Å². The summed E-state index contributed by atoms with van der Waals surface area (Å²) in [4.78, 5) is 0. The average molecular weight is 236 g/mol. The van der Waals surface area contributed by atoms with E-state index in [-0.39, 0.29) is 11.5 Å². The van der Waals surface area contributed by atoms with E-state index in [0.29, 0.717) is 6.54 Å². The SMILES string of the molecule is C=CCNC(CN)c1cn(C)nc1C(C)(C)C. The molecule has 0 fully saturated rings. The molecule has 1 atom stereocenters. The number of rotatable bonds is 5. The van der Waals surface area contributed by atoms with Gasteiger partial charge < -0.3 is 11.1 Å². The third-order valence-electron chi connectivity index (χ3n) is 2.69. The molecule has 0 radical (unpaired) electrons. The summed E-state index contributed by atoms with van der Waals surface area (Å²) in [7, 11) is 1.94. The first-order valence-electron chi connectivity index (χ1n) is 5.98. The molecule has 0 amide bonds. The smallest absolute Gasteiger partial charge is 0.0726 e. The largest absolute Gasteiger partial charge is 0.329 e. The van der Waals surface area contributed by atoms with Crippen molar-refractivity contribution < 1.29 is 0 Å². The Labute approximate surface area is 104 Å². The highest BCUT2D eigenvalue weighted by molar-refractivity contribution is 5.27. The molecule has 0 saturated heterocycles. The Hall–Kier alpha value is -1.13. The number of aromatic nitrogens is 2. The fourth-order valence-corrected chi connectivity index (χ4v) is 1.89. The standard InChI is InChI=1S/C13H24N4/c1-6-7-15-11(8-14)10-9-17(5)16-12(10)13(2,3)4/h6,9,11,15H,1,7-8,14H2,2-5H3. The first-order valence-corrected chi connectivity index (χ1v) is 5.98. The van der Waals surface area contributed by atoms with Crippen LogP contribution < -0.4 is 11.1 Å². The van der Waals surface area contributed by atoms with Crippen LogP contribution in [0.25, 0.3) is 0 Å². The monoisotopic (exact) mass is 236 g/mol. The van der Waals surface area contributed by atoms with Gasteiger partial charge in [0.2, 0.25) is 0 Å². The highest BCUT2D eigenvalue weighted by atomic mass is 15.3. The average Bonchev–Trinajstić information content (AvgIpc) is 2.61. The van der Waals surface area contributed by atoms with Crippen LogP contribution in [0.1, 0.15) is 38.1 Å². The molecule has 1 aromatic heterocycles. The predicted octanol–water partition coefficient (Wildman–Crippen LogP) is 1.49. The molecule has 0 aliphatic carbocycles. The molecule has 1 aromatic rings. The molecule has 0 bridgehead atoms. The summed E-state index contributed by atoms with van der Waals surface area (Å²) in [6.45, 7) is 11.5. The van der Waals surface area contributed by atoms with Gasteiger partial charge >= 0.3 is 0 Å². The molecular weight excluding hydrogens is 212 g/mol. The van der Waals surface area contributed by atoms with Gasteiger partial charge in [-0.25, -0.2) is 0 Å². The molecule has 0 saturated carbocycles. The molecule has 1 unspecified atom stereocenters. The predicted molar refractivity (Wildman–Crippen MR) is 71.9 cm³/mol. The van der Waals surface area contributed by atoms with E-state index in [0.717, 1.165) is 12.2 Å². The molecule has 96 valence electrons. The van der Waals surface area contributed by atoms with Gasteiger partial charge in [-0.3, -0.25) is 4.68 Å². The lowest BCUT2D eigenvalue weighted by Crippen LogP contribution is -2.30. The van der Waals surface area contributed by atoms with E-state index in [1.165, 1.54) is 5.56 Å². The summed E-state index contributed by atoms with van der Waals surface area (Å²) in [6, 6.07) is 0.135. The third kappa shape index (κ3) is 3.41. The zero-order chi connectivity index (χ0) is 13.1. The zero-order valence-corrected chi connectivity index (χ0v) is 11.3. The number of aryl methyl sites for hydroxylation is 1. The Balaban J connectivity index is 3.05. The van der Waals surface area contributed by atoms with Gasteiger partial charge in [0, 0.05) is 43.4 Å². The van der Waals surface area contributed by atoms with Crippen LogP contribution in [0.3, 0.4) is 0 Å². The topological polar surface area (TPSA) is 55.9 Å². The summed E-state index contributed by atoms with van der Waals surface area (Å²) in [5.74, 6) is 0. The van der Waals surface area contributed by atoms with Gasteiger partial charge in [0.15, 0.2) is 0 Å². The molecule has 1 heterocycles. The number of nitrogens with two attached hydrogens (primary N) is 1. The Morgan fingerprint density at radius 3 is 2.71 bits per heavy atom. The first-order chi connectivity index (χ1) is 7.90. The minimum atomic E-state index is 0.0277. The lowest BCUT2D eigenvalue weighted by Gasteiger charge is -2.22. The maximum atomic E-state index is 5.83. The van der Waals surface area contributed by atoms with Gasteiger partial charge in [-0.05, 0) is 0 Å². The van der Waals surface area contributed by atoms with Crippen molar-refractivity contribution in [1.29, 1.82) is 0 Å². The summed E-state index contributed by atoms with van der Waals surface area (Å²) in [6.07, 6.45) is 3.89. The molecule has 3 N–H and O–H groups in total. The van der Waals surface area contributed by atoms with Crippen molar-refractivity contribution in [2.24, 2.45) is 12.8 Å². The van der Waals surface area contributed by atoms with Crippen LogP contribution in [-0.2, 0) is 12.5 Å². The Kier molecular flexibility index (Phi) is 4.48. The lowest BCUT2D eigenvalue weighted by atomic mass is 9.87. The van der Waals surface area contributed by atoms with Gasteiger partial charge in [-0.2, -0.15) is 5.10 Å². The number of nitrogens with one attached hydrogen (secondary N) is 1. The van der Waals surface area contributed by atoms with E-state index < -0.39 is 0 Å². The molecule has 17 heavy (non-hydrogen) atoms. The van der Waals surface area contributed by atoms with Crippen LogP contribution in [0.4, 0.5) is 0 Å². The third-order valence-corrected chi connectivity index (χ3v) is 2.69. The summed E-state index contributed by atoms with van der Waals surface area (Å²) >= 11 is 0.